The van der Waals surface area contributed by atoms with Crippen molar-refractivity contribution in [1.29, 1.82) is 0 Å². The Bertz CT molecular complexity index is 598. The first-order valence-electron chi connectivity index (χ1n) is 6.97. The zero-order valence-corrected chi connectivity index (χ0v) is 14.6. The molecule has 0 saturated carbocycles. The predicted molar refractivity (Wildman–Crippen MR) is 92.0 cm³/mol. The van der Waals surface area contributed by atoms with Crippen LogP contribution in [0.3, 0.4) is 0 Å². The van der Waals surface area contributed by atoms with E-state index >= 15 is 0 Å². The van der Waals surface area contributed by atoms with Crippen molar-refractivity contribution in [2.45, 2.75) is 27.0 Å². The Balaban J connectivity index is 2.15. The van der Waals surface area contributed by atoms with Gasteiger partial charge in [0.2, 0.25) is 0 Å². The lowest BCUT2D eigenvalue weighted by Crippen LogP contribution is -2.13. The van der Waals surface area contributed by atoms with E-state index in [2.05, 4.69) is 47.2 Å². The maximum absolute atomic E-state index is 6.04. The van der Waals surface area contributed by atoms with Gasteiger partial charge in [0.1, 0.15) is 12.4 Å². The van der Waals surface area contributed by atoms with E-state index in [1.54, 1.807) is 0 Å². The van der Waals surface area contributed by atoms with Crippen LogP contribution in [0.25, 0.3) is 0 Å². The Morgan fingerprint density at radius 2 is 1.90 bits per heavy atom. The first-order chi connectivity index (χ1) is 10.1. The average molecular weight is 369 g/mol. The van der Waals surface area contributed by atoms with E-state index in [0.29, 0.717) is 6.61 Å². The average Bonchev–Trinajstić information content (AvgIpc) is 2.45. The Labute approximate surface area is 139 Å². The minimum atomic E-state index is 0.540. The number of hydrogen-bond acceptors (Lipinski definition) is 2. The van der Waals surface area contributed by atoms with Gasteiger partial charge in [0.25, 0.3) is 0 Å². The molecular weight excluding hydrogens is 350 g/mol. The summed E-state index contributed by atoms with van der Waals surface area (Å²) >= 11 is 9.44. The second-order valence-electron chi connectivity index (χ2n) is 4.91. The molecule has 0 aliphatic carbocycles. The Morgan fingerprint density at radius 3 is 2.57 bits per heavy atom. The molecule has 0 aliphatic rings. The first-order valence-corrected chi connectivity index (χ1v) is 8.14. The molecule has 0 fully saturated rings. The fraction of sp³-hybridized carbons (Fsp3) is 0.294. The molecular formula is C17H19BrClNO. The highest BCUT2D eigenvalue weighted by molar-refractivity contribution is 9.10. The van der Waals surface area contributed by atoms with Crippen LogP contribution in [0.1, 0.15) is 23.6 Å². The van der Waals surface area contributed by atoms with Gasteiger partial charge in [-0.2, -0.15) is 0 Å². The molecule has 0 saturated heterocycles. The van der Waals surface area contributed by atoms with Gasteiger partial charge in [0, 0.05) is 21.6 Å². The molecule has 21 heavy (non-hydrogen) atoms. The molecule has 4 heteroatoms. The van der Waals surface area contributed by atoms with Crippen molar-refractivity contribution in [2.75, 3.05) is 6.54 Å². The van der Waals surface area contributed by atoms with E-state index in [4.69, 9.17) is 16.3 Å². The van der Waals surface area contributed by atoms with Crippen molar-refractivity contribution in [3.05, 3.63) is 62.6 Å². The van der Waals surface area contributed by atoms with Gasteiger partial charge in [-0.1, -0.05) is 46.6 Å². The number of ether oxygens (including phenoxy) is 1. The van der Waals surface area contributed by atoms with Crippen molar-refractivity contribution in [1.82, 2.24) is 5.32 Å². The van der Waals surface area contributed by atoms with Gasteiger partial charge in [-0.25, -0.2) is 0 Å². The maximum Gasteiger partial charge on any atom is 0.127 e. The van der Waals surface area contributed by atoms with Gasteiger partial charge in [-0.15, -0.1) is 0 Å². The molecule has 2 aromatic carbocycles. The largest absolute Gasteiger partial charge is 0.488 e. The standard InChI is InChI=1S/C17H19BrClNO/c1-3-20-10-14-9-15(18)8-12(2)17(14)21-11-13-4-6-16(19)7-5-13/h4-9,20H,3,10-11H2,1-2H3. The molecule has 2 aromatic rings. The zero-order valence-electron chi connectivity index (χ0n) is 12.2. The Hall–Kier alpha value is -1.03. The zero-order chi connectivity index (χ0) is 15.2. The van der Waals surface area contributed by atoms with Crippen molar-refractivity contribution in [3.63, 3.8) is 0 Å². The summed E-state index contributed by atoms with van der Waals surface area (Å²) in [6, 6.07) is 11.9. The third kappa shape index (κ3) is 4.73. The van der Waals surface area contributed by atoms with E-state index in [1.807, 2.05) is 24.3 Å². The SMILES string of the molecule is CCNCc1cc(Br)cc(C)c1OCc1ccc(Cl)cc1. The molecule has 1 N–H and O–H groups in total. The lowest BCUT2D eigenvalue weighted by atomic mass is 10.1. The van der Waals surface area contributed by atoms with Crippen molar-refractivity contribution in [3.8, 4) is 5.75 Å². The molecule has 0 unspecified atom stereocenters. The van der Waals surface area contributed by atoms with Crippen molar-refractivity contribution >= 4 is 27.5 Å². The molecule has 112 valence electrons. The van der Waals surface area contributed by atoms with Gasteiger partial charge in [-0.05, 0) is 48.9 Å². The highest BCUT2D eigenvalue weighted by Crippen LogP contribution is 2.29. The number of benzene rings is 2. The van der Waals surface area contributed by atoms with Crippen LogP contribution in [0, 0.1) is 6.92 Å². The van der Waals surface area contributed by atoms with Crippen LogP contribution >= 0.6 is 27.5 Å². The Kier molecular flexibility index (Phi) is 6.09. The maximum atomic E-state index is 6.04. The molecule has 0 spiro atoms. The van der Waals surface area contributed by atoms with Crippen LogP contribution in [-0.2, 0) is 13.2 Å². The summed E-state index contributed by atoms with van der Waals surface area (Å²) < 4.78 is 7.12. The van der Waals surface area contributed by atoms with Gasteiger partial charge in [-0.3, -0.25) is 0 Å². The topological polar surface area (TPSA) is 21.3 Å². The summed E-state index contributed by atoms with van der Waals surface area (Å²) in [6.45, 7) is 6.43. The van der Waals surface area contributed by atoms with E-state index in [1.165, 1.54) is 0 Å². The minimum absolute atomic E-state index is 0.540. The van der Waals surface area contributed by atoms with Crippen molar-refractivity contribution in [2.24, 2.45) is 0 Å². The second-order valence-corrected chi connectivity index (χ2v) is 6.26. The summed E-state index contributed by atoms with van der Waals surface area (Å²) in [6.07, 6.45) is 0. The summed E-state index contributed by atoms with van der Waals surface area (Å²) in [5.74, 6) is 0.953. The number of rotatable bonds is 6. The van der Waals surface area contributed by atoms with E-state index in [0.717, 1.165) is 45.0 Å². The van der Waals surface area contributed by atoms with Crippen molar-refractivity contribution < 1.29 is 4.74 Å². The lowest BCUT2D eigenvalue weighted by Gasteiger charge is -2.15. The third-order valence-electron chi connectivity index (χ3n) is 3.18. The second kappa shape index (κ2) is 7.83. The summed E-state index contributed by atoms with van der Waals surface area (Å²) in [4.78, 5) is 0. The van der Waals surface area contributed by atoms with Crippen LogP contribution in [0.2, 0.25) is 5.02 Å². The molecule has 0 aliphatic heterocycles. The lowest BCUT2D eigenvalue weighted by molar-refractivity contribution is 0.300. The summed E-state index contributed by atoms with van der Waals surface area (Å²) in [5, 5.41) is 4.09. The van der Waals surface area contributed by atoms with Gasteiger partial charge < -0.3 is 10.1 Å². The van der Waals surface area contributed by atoms with Crippen LogP contribution in [-0.4, -0.2) is 6.54 Å². The fourth-order valence-electron chi connectivity index (χ4n) is 2.13. The smallest absolute Gasteiger partial charge is 0.127 e. The van der Waals surface area contributed by atoms with E-state index < -0.39 is 0 Å². The normalized spacial score (nSPS) is 10.7. The highest BCUT2D eigenvalue weighted by atomic mass is 79.9. The van der Waals surface area contributed by atoms with Crippen LogP contribution in [0.15, 0.2) is 40.9 Å². The molecule has 2 rings (SSSR count). The first kappa shape index (κ1) is 16.3. The predicted octanol–water partition coefficient (Wildman–Crippen LogP) is 5.10. The fourth-order valence-corrected chi connectivity index (χ4v) is 2.88. The molecule has 0 amide bonds. The molecule has 0 aromatic heterocycles. The monoisotopic (exact) mass is 367 g/mol. The molecule has 0 radical (unpaired) electrons. The summed E-state index contributed by atoms with van der Waals surface area (Å²) in [5.41, 5.74) is 3.40. The number of hydrogen-bond donors (Lipinski definition) is 1. The van der Waals surface area contributed by atoms with E-state index in [-0.39, 0.29) is 0 Å². The molecule has 0 heterocycles. The minimum Gasteiger partial charge on any atom is -0.488 e. The molecule has 0 atom stereocenters. The van der Waals surface area contributed by atoms with Gasteiger partial charge in [0.05, 0.1) is 0 Å². The quantitative estimate of drug-likeness (QED) is 0.766. The molecule has 0 bridgehead atoms. The summed E-state index contributed by atoms with van der Waals surface area (Å²) in [7, 11) is 0. The highest BCUT2D eigenvalue weighted by Gasteiger charge is 2.09. The van der Waals surface area contributed by atoms with E-state index in [9.17, 15) is 0 Å². The Morgan fingerprint density at radius 1 is 1.19 bits per heavy atom. The van der Waals surface area contributed by atoms with Crippen LogP contribution in [0.4, 0.5) is 0 Å². The van der Waals surface area contributed by atoms with Gasteiger partial charge in [0.15, 0.2) is 0 Å². The van der Waals surface area contributed by atoms with Gasteiger partial charge >= 0.3 is 0 Å². The number of aryl methyl sites for hydroxylation is 1. The van der Waals surface area contributed by atoms with Crippen LogP contribution < -0.4 is 10.1 Å². The number of nitrogens with one attached hydrogen (secondary N) is 1. The third-order valence-corrected chi connectivity index (χ3v) is 3.89. The van der Waals surface area contributed by atoms with Crippen LogP contribution in [0.5, 0.6) is 5.75 Å². The number of halogens is 2. The molecule has 2 nitrogen and oxygen atoms in total.